The first kappa shape index (κ1) is 18.0. The first-order chi connectivity index (χ1) is 11.0. The van der Waals surface area contributed by atoms with E-state index in [1.54, 1.807) is 23.5 Å². The van der Waals surface area contributed by atoms with E-state index in [-0.39, 0.29) is 0 Å². The van der Waals surface area contributed by atoms with Crippen LogP contribution in [0.3, 0.4) is 0 Å². The van der Waals surface area contributed by atoms with Crippen molar-refractivity contribution in [2.45, 2.75) is 6.92 Å². The molecule has 0 atom stereocenters. The van der Waals surface area contributed by atoms with E-state index in [2.05, 4.69) is 4.74 Å². The lowest BCUT2D eigenvalue weighted by Gasteiger charge is -2.09. The van der Waals surface area contributed by atoms with Crippen molar-refractivity contribution in [3.8, 4) is 11.5 Å². The molecular weight excluding hydrogens is 304 g/mol. The fourth-order valence-corrected chi connectivity index (χ4v) is 1.59. The number of primary amides is 1. The van der Waals surface area contributed by atoms with Gasteiger partial charge in [0.1, 0.15) is 0 Å². The highest BCUT2D eigenvalue weighted by Crippen LogP contribution is 2.28. The van der Waals surface area contributed by atoms with Gasteiger partial charge in [-0.3, -0.25) is 10.1 Å². The summed E-state index contributed by atoms with van der Waals surface area (Å²) in [6.07, 6.45) is 2.64. The van der Waals surface area contributed by atoms with Crippen molar-refractivity contribution in [1.29, 1.82) is 0 Å². The van der Waals surface area contributed by atoms with E-state index in [4.69, 9.17) is 15.2 Å². The number of nitrogens with one attached hydrogen (secondary N) is 1. The molecule has 0 saturated carbocycles. The summed E-state index contributed by atoms with van der Waals surface area (Å²) < 4.78 is 15.2. The maximum absolute atomic E-state index is 11.5. The summed E-state index contributed by atoms with van der Waals surface area (Å²) in [7, 11) is 1.51. The quantitative estimate of drug-likeness (QED) is 0.567. The summed E-state index contributed by atoms with van der Waals surface area (Å²) in [6, 6.07) is 4.13. The number of carbonyl (C=O) groups is 3. The molecule has 0 saturated heterocycles. The lowest BCUT2D eigenvalue weighted by Crippen LogP contribution is -2.37. The molecule has 3 N–H and O–H groups in total. The number of urea groups is 1. The second-order valence-electron chi connectivity index (χ2n) is 4.20. The van der Waals surface area contributed by atoms with Crippen LogP contribution in [-0.4, -0.2) is 38.2 Å². The largest absolute Gasteiger partial charge is 0.493 e. The highest BCUT2D eigenvalue weighted by atomic mass is 16.5. The average molecular weight is 322 g/mol. The molecule has 3 amide bonds. The second-order valence-corrected chi connectivity index (χ2v) is 4.20. The van der Waals surface area contributed by atoms with Gasteiger partial charge >= 0.3 is 12.0 Å². The molecule has 1 aromatic rings. The number of benzene rings is 1. The van der Waals surface area contributed by atoms with Crippen molar-refractivity contribution in [3.63, 3.8) is 0 Å². The summed E-state index contributed by atoms with van der Waals surface area (Å²) in [5.41, 5.74) is 5.43. The first-order valence-corrected chi connectivity index (χ1v) is 6.71. The minimum absolute atomic E-state index is 0.505. The van der Waals surface area contributed by atoms with Crippen molar-refractivity contribution >= 4 is 24.0 Å². The van der Waals surface area contributed by atoms with Crippen molar-refractivity contribution in [2.24, 2.45) is 5.73 Å². The minimum Gasteiger partial charge on any atom is -0.493 e. The minimum atomic E-state index is -1.01. The molecule has 0 spiro atoms. The molecule has 0 radical (unpaired) electrons. The highest BCUT2D eigenvalue weighted by Gasteiger charge is 2.07. The van der Waals surface area contributed by atoms with Crippen LogP contribution in [0.1, 0.15) is 12.5 Å². The Morgan fingerprint density at radius 3 is 2.61 bits per heavy atom. The summed E-state index contributed by atoms with van der Waals surface area (Å²) in [6.45, 7) is 1.77. The molecule has 1 rings (SSSR count). The molecule has 0 aliphatic carbocycles. The van der Waals surface area contributed by atoms with Crippen LogP contribution >= 0.6 is 0 Å². The lowest BCUT2D eigenvalue weighted by molar-refractivity contribution is -0.143. The standard InChI is InChI=1S/C15H18N2O6/c1-3-22-11-6-4-10(8-12(11)21-2)5-7-14(19)23-9-13(18)17-15(16)20/h4-8H,3,9H2,1-2H3,(H3,16,17,18,20)/b7-5+. The third-order valence-corrected chi connectivity index (χ3v) is 2.51. The van der Waals surface area contributed by atoms with Gasteiger partial charge in [0.25, 0.3) is 5.91 Å². The van der Waals surface area contributed by atoms with Gasteiger partial charge in [-0.25, -0.2) is 9.59 Å². The molecule has 0 aromatic heterocycles. The van der Waals surface area contributed by atoms with E-state index in [9.17, 15) is 14.4 Å². The maximum Gasteiger partial charge on any atom is 0.331 e. The van der Waals surface area contributed by atoms with E-state index >= 15 is 0 Å². The van der Waals surface area contributed by atoms with Crippen molar-refractivity contribution in [2.75, 3.05) is 20.3 Å². The van der Waals surface area contributed by atoms with Gasteiger partial charge in [-0.15, -0.1) is 0 Å². The number of amides is 3. The van der Waals surface area contributed by atoms with Crippen LogP contribution in [0.15, 0.2) is 24.3 Å². The predicted octanol–water partition coefficient (Wildman–Crippen LogP) is 0.845. The Morgan fingerprint density at radius 2 is 2.00 bits per heavy atom. The van der Waals surface area contributed by atoms with Crippen molar-refractivity contribution in [3.05, 3.63) is 29.8 Å². The number of carbonyl (C=O) groups excluding carboxylic acids is 3. The van der Waals surface area contributed by atoms with Crippen LogP contribution in [0.4, 0.5) is 4.79 Å². The molecule has 0 fully saturated rings. The molecule has 124 valence electrons. The molecule has 8 heteroatoms. The zero-order valence-electron chi connectivity index (χ0n) is 12.8. The molecular formula is C15H18N2O6. The topological polar surface area (TPSA) is 117 Å². The van der Waals surface area contributed by atoms with Gasteiger partial charge in [-0.2, -0.15) is 0 Å². The fourth-order valence-electron chi connectivity index (χ4n) is 1.59. The summed E-state index contributed by atoms with van der Waals surface area (Å²) >= 11 is 0. The Hall–Kier alpha value is -3.03. The van der Waals surface area contributed by atoms with E-state index < -0.39 is 24.5 Å². The number of hydrogen-bond acceptors (Lipinski definition) is 6. The Morgan fingerprint density at radius 1 is 1.26 bits per heavy atom. The third-order valence-electron chi connectivity index (χ3n) is 2.51. The Balaban J connectivity index is 2.61. The molecule has 0 unspecified atom stereocenters. The van der Waals surface area contributed by atoms with Crippen LogP contribution in [0.25, 0.3) is 6.08 Å². The maximum atomic E-state index is 11.5. The summed E-state index contributed by atoms with van der Waals surface area (Å²) in [4.78, 5) is 33.0. The average Bonchev–Trinajstić information content (AvgIpc) is 2.51. The molecule has 8 nitrogen and oxygen atoms in total. The van der Waals surface area contributed by atoms with Gasteiger partial charge in [0, 0.05) is 6.08 Å². The predicted molar refractivity (Wildman–Crippen MR) is 81.9 cm³/mol. The number of hydrogen-bond donors (Lipinski definition) is 2. The number of nitrogens with two attached hydrogens (primary N) is 1. The Kier molecular flexibility index (Phi) is 7.12. The fraction of sp³-hybridized carbons (Fsp3) is 0.267. The Labute approximate surface area is 133 Å². The normalized spacial score (nSPS) is 10.2. The van der Waals surface area contributed by atoms with Gasteiger partial charge in [-0.1, -0.05) is 6.07 Å². The van der Waals surface area contributed by atoms with Crippen LogP contribution in [0.2, 0.25) is 0 Å². The van der Waals surface area contributed by atoms with Gasteiger partial charge < -0.3 is 19.9 Å². The summed E-state index contributed by atoms with van der Waals surface area (Å²) in [5, 5.41) is 1.77. The number of esters is 1. The molecule has 0 heterocycles. The zero-order chi connectivity index (χ0) is 17.2. The molecule has 23 heavy (non-hydrogen) atoms. The van der Waals surface area contributed by atoms with E-state index in [0.717, 1.165) is 6.08 Å². The first-order valence-electron chi connectivity index (χ1n) is 6.71. The van der Waals surface area contributed by atoms with Gasteiger partial charge in [0.05, 0.1) is 13.7 Å². The number of rotatable bonds is 7. The molecule has 1 aromatic carbocycles. The van der Waals surface area contributed by atoms with Crippen LogP contribution in [0.5, 0.6) is 11.5 Å². The highest BCUT2D eigenvalue weighted by molar-refractivity contribution is 5.95. The van der Waals surface area contributed by atoms with Crippen molar-refractivity contribution < 1.29 is 28.6 Å². The second kappa shape index (κ2) is 9.08. The van der Waals surface area contributed by atoms with Gasteiger partial charge in [0.2, 0.25) is 0 Å². The van der Waals surface area contributed by atoms with Crippen LogP contribution in [0, 0.1) is 0 Å². The van der Waals surface area contributed by atoms with E-state index in [1.165, 1.54) is 13.2 Å². The monoisotopic (exact) mass is 322 g/mol. The van der Waals surface area contributed by atoms with E-state index in [1.807, 2.05) is 6.92 Å². The van der Waals surface area contributed by atoms with Crippen LogP contribution < -0.4 is 20.5 Å². The molecule has 0 aliphatic heterocycles. The third kappa shape index (κ3) is 6.51. The SMILES string of the molecule is CCOc1ccc(/C=C/C(=O)OCC(=O)NC(N)=O)cc1OC. The number of ether oxygens (including phenoxy) is 3. The zero-order valence-corrected chi connectivity index (χ0v) is 12.8. The lowest BCUT2D eigenvalue weighted by atomic mass is 10.2. The van der Waals surface area contributed by atoms with E-state index in [0.29, 0.717) is 23.7 Å². The number of methoxy groups -OCH3 is 1. The van der Waals surface area contributed by atoms with Gasteiger partial charge in [-0.05, 0) is 30.7 Å². The summed E-state index contributed by atoms with van der Waals surface area (Å²) in [5.74, 6) is -0.416. The van der Waals surface area contributed by atoms with Crippen LogP contribution in [-0.2, 0) is 14.3 Å². The van der Waals surface area contributed by atoms with Crippen molar-refractivity contribution in [1.82, 2.24) is 5.32 Å². The molecule has 0 bridgehead atoms. The Bertz CT molecular complexity index is 612. The smallest absolute Gasteiger partial charge is 0.331 e. The van der Waals surface area contributed by atoms with Gasteiger partial charge in [0.15, 0.2) is 18.1 Å². The molecule has 0 aliphatic rings. The number of imide groups is 1.